The van der Waals surface area contributed by atoms with E-state index >= 15 is 0 Å². The molecule has 0 amide bonds. The highest BCUT2D eigenvalue weighted by Crippen LogP contribution is 2.29. The summed E-state index contributed by atoms with van der Waals surface area (Å²) in [5, 5.41) is 12.9. The van der Waals surface area contributed by atoms with Crippen LogP contribution in [0, 0.1) is 23.2 Å². The SMILES string of the molecule is CC1CC(C)CN(c2ccc(CNC(C)C)cc2C#N)C1. The number of benzene rings is 1. The summed E-state index contributed by atoms with van der Waals surface area (Å²) >= 11 is 0. The summed E-state index contributed by atoms with van der Waals surface area (Å²) in [6.45, 7) is 11.8. The van der Waals surface area contributed by atoms with Gasteiger partial charge >= 0.3 is 0 Å². The fourth-order valence-electron chi connectivity index (χ4n) is 3.24. The molecule has 2 rings (SSSR count). The van der Waals surface area contributed by atoms with Gasteiger partial charge in [0.05, 0.1) is 11.3 Å². The van der Waals surface area contributed by atoms with Crippen LogP contribution in [0.15, 0.2) is 18.2 Å². The van der Waals surface area contributed by atoms with Gasteiger partial charge in [-0.15, -0.1) is 0 Å². The van der Waals surface area contributed by atoms with Crippen molar-refractivity contribution in [1.29, 1.82) is 5.26 Å². The van der Waals surface area contributed by atoms with Crippen molar-refractivity contribution in [2.45, 2.75) is 46.7 Å². The van der Waals surface area contributed by atoms with Crippen LogP contribution in [0.4, 0.5) is 5.69 Å². The Morgan fingerprint density at radius 2 is 1.95 bits per heavy atom. The van der Waals surface area contributed by atoms with Crippen molar-refractivity contribution in [2.24, 2.45) is 11.8 Å². The van der Waals surface area contributed by atoms with Crippen LogP contribution in [-0.2, 0) is 6.54 Å². The number of piperidine rings is 1. The summed E-state index contributed by atoms with van der Waals surface area (Å²) in [6.07, 6.45) is 1.29. The molecule has 3 nitrogen and oxygen atoms in total. The molecule has 0 aromatic heterocycles. The molecule has 1 N–H and O–H groups in total. The zero-order valence-electron chi connectivity index (χ0n) is 13.7. The fraction of sp³-hybridized carbons (Fsp3) is 0.611. The molecule has 1 fully saturated rings. The largest absolute Gasteiger partial charge is 0.370 e. The van der Waals surface area contributed by atoms with Crippen LogP contribution in [0.5, 0.6) is 0 Å². The summed E-state index contributed by atoms with van der Waals surface area (Å²) in [4.78, 5) is 2.39. The third kappa shape index (κ3) is 4.22. The lowest BCUT2D eigenvalue weighted by molar-refractivity contribution is 0.357. The molecule has 1 aliphatic heterocycles. The lowest BCUT2D eigenvalue weighted by Gasteiger charge is -2.37. The van der Waals surface area contributed by atoms with Crippen molar-refractivity contribution < 1.29 is 0 Å². The van der Waals surface area contributed by atoms with Crippen molar-refractivity contribution >= 4 is 5.69 Å². The molecule has 2 unspecified atom stereocenters. The van der Waals surface area contributed by atoms with Crippen molar-refractivity contribution in [1.82, 2.24) is 5.32 Å². The zero-order valence-corrected chi connectivity index (χ0v) is 13.7. The molecule has 0 radical (unpaired) electrons. The second kappa shape index (κ2) is 6.95. The van der Waals surface area contributed by atoms with Crippen LogP contribution in [0.2, 0.25) is 0 Å². The average molecular weight is 285 g/mol. The highest BCUT2D eigenvalue weighted by Gasteiger charge is 2.23. The average Bonchev–Trinajstić information content (AvgIpc) is 2.43. The van der Waals surface area contributed by atoms with Gasteiger partial charge in [-0.3, -0.25) is 0 Å². The van der Waals surface area contributed by atoms with Gasteiger partial charge in [-0.05, 0) is 36.0 Å². The van der Waals surface area contributed by atoms with Gasteiger partial charge in [0.15, 0.2) is 0 Å². The van der Waals surface area contributed by atoms with E-state index in [1.807, 2.05) is 6.07 Å². The molecule has 114 valence electrons. The van der Waals surface area contributed by atoms with Gasteiger partial charge in [0.1, 0.15) is 6.07 Å². The summed E-state index contributed by atoms with van der Waals surface area (Å²) in [5.74, 6) is 1.39. The van der Waals surface area contributed by atoms with E-state index in [0.29, 0.717) is 17.9 Å². The van der Waals surface area contributed by atoms with E-state index in [9.17, 15) is 5.26 Å². The molecule has 1 saturated heterocycles. The molecule has 0 saturated carbocycles. The molecule has 3 heteroatoms. The predicted octanol–water partition coefficient (Wildman–Crippen LogP) is 3.54. The van der Waals surface area contributed by atoms with E-state index in [-0.39, 0.29) is 0 Å². The van der Waals surface area contributed by atoms with Crippen molar-refractivity contribution in [2.75, 3.05) is 18.0 Å². The molecular weight excluding hydrogens is 258 g/mol. The van der Waals surface area contributed by atoms with E-state index in [1.54, 1.807) is 0 Å². The number of nitriles is 1. The summed E-state index contributed by atoms with van der Waals surface area (Å²) in [7, 11) is 0. The Labute approximate surface area is 129 Å². The molecule has 1 aromatic rings. The number of nitrogens with one attached hydrogen (secondary N) is 1. The highest BCUT2D eigenvalue weighted by atomic mass is 15.1. The maximum absolute atomic E-state index is 9.49. The zero-order chi connectivity index (χ0) is 15.4. The number of hydrogen-bond donors (Lipinski definition) is 1. The van der Waals surface area contributed by atoms with Crippen molar-refractivity contribution in [3.63, 3.8) is 0 Å². The highest BCUT2D eigenvalue weighted by molar-refractivity contribution is 5.60. The second-order valence-electron chi connectivity index (χ2n) is 6.85. The van der Waals surface area contributed by atoms with Crippen LogP contribution < -0.4 is 10.2 Å². The van der Waals surface area contributed by atoms with E-state index in [0.717, 1.165) is 30.9 Å². The van der Waals surface area contributed by atoms with E-state index in [1.165, 1.54) is 12.0 Å². The minimum Gasteiger partial charge on any atom is -0.370 e. The Bertz CT molecular complexity index is 506. The third-order valence-electron chi connectivity index (χ3n) is 4.11. The summed E-state index contributed by atoms with van der Waals surface area (Å²) in [6, 6.07) is 9.15. The normalized spacial score (nSPS) is 22.4. The maximum atomic E-state index is 9.49. The summed E-state index contributed by atoms with van der Waals surface area (Å²) < 4.78 is 0. The Morgan fingerprint density at radius 1 is 1.29 bits per heavy atom. The van der Waals surface area contributed by atoms with E-state index in [4.69, 9.17) is 0 Å². The number of anilines is 1. The minimum absolute atomic E-state index is 0.457. The van der Waals surface area contributed by atoms with E-state index < -0.39 is 0 Å². The molecular formula is C18H27N3. The predicted molar refractivity (Wildman–Crippen MR) is 88.3 cm³/mol. The smallest absolute Gasteiger partial charge is 0.101 e. The van der Waals surface area contributed by atoms with Crippen LogP contribution in [0.25, 0.3) is 0 Å². The van der Waals surface area contributed by atoms with Gasteiger partial charge in [0.2, 0.25) is 0 Å². The molecule has 1 aromatic carbocycles. The molecule has 1 heterocycles. The minimum atomic E-state index is 0.457. The summed E-state index contributed by atoms with van der Waals surface area (Å²) in [5.41, 5.74) is 3.09. The van der Waals surface area contributed by atoms with Gasteiger partial charge in [0, 0.05) is 25.7 Å². The Morgan fingerprint density at radius 3 is 2.52 bits per heavy atom. The standard InChI is InChI=1S/C18H27N3/c1-13(2)20-10-16-5-6-18(17(8-16)9-19)21-11-14(3)7-15(4)12-21/h5-6,8,13-15,20H,7,10-12H2,1-4H3. The van der Waals surface area contributed by atoms with Crippen LogP contribution in [0.3, 0.4) is 0 Å². The molecule has 0 spiro atoms. The first kappa shape index (κ1) is 15.9. The molecule has 1 aliphatic rings. The number of hydrogen-bond acceptors (Lipinski definition) is 3. The first-order chi connectivity index (χ1) is 9.99. The number of nitrogens with zero attached hydrogens (tertiary/aromatic N) is 2. The first-order valence-corrected chi connectivity index (χ1v) is 8.01. The Hall–Kier alpha value is -1.53. The van der Waals surface area contributed by atoms with Crippen molar-refractivity contribution in [3.05, 3.63) is 29.3 Å². The Balaban J connectivity index is 2.18. The monoisotopic (exact) mass is 285 g/mol. The molecule has 21 heavy (non-hydrogen) atoms. The Kier molecular flexibility index (Phi) is 5.25. The lowest BCUT2D eigenvalue weighted by atomic mass is 9.91. The molecule has 0 aliphatic carbocycles. The first-order valence-electron chi connectivity index (χ1n) is 8.01. The topological polar surface area (TPSA) is 39.1 Å². The van der Waals surface area contributed by atoms with Gasteiger partial charge < -0.3 is 10.2 Å². The third-order valence-corrected chi connectivity index (χ3v) is 4.11. The van der Waals surface area contributed by atoms with Gasteiger partial charge in [-0.2, -0.15) is 5.26 Å². The van der Waals surface area contributed by atoms with Gasteiger partial charge in [-0.1, -0.05) is 33.8 Å². The fourth-order valence-corrected chi connectivity index (χ4v) is 3.24. The van der Waals surface area contributed by atoms with Crippen molar-refractivity contribution in [3.8, 4) is 6.07 Å². The number of rotatable bonds is 4. The van der Waals surface area contributed by atoms with Crippen LogP contribution in [0.1, 0.15) is 45.2 Å². The second-order valence-corrected chi connectivity index (χ2v) is 6.85. The molecule has 0 bridgehead atoms. The van der Waals surface area contributed by atoms with Crippen LogP contribution >= 0.6 is 0 Å². The van der Waals surface area contributed by atoms with E-state index in [2.05, 4.69) is 56.1 Å². The maximum Gasteiger partial charge on any atom is 0.101 e. The quantitative estimate of drug-likeness (QED) is 0.919. The molecule has 2 atom stereocenters. The van der Waals surface area contributed by atoms with Gasteiger partial charge in [0.25, 0.3) is 0 Å². The van der Waals surface area contributed by atoms with Crippen LogP contribution in [-0.4, -0.2) is 19.1 Å². The van der Waals surface area contributed by atoms with Gasteiger partial charge in [-0.25, -0.2) is 0 Å². The lowest BCUT2D eigenvalue weighted by Crippen LogP contribution is -2.39.